The summed E-state index contributed by atoms with van der Waals surface area (Å²) in [5, 5.41) is 0. The van der Waals surface area contributed by atoms with Crippen molar-refractivity contribution in [1.29, 1.82) is 0 Å². The number of para-hydroxylation sites is 1. The Morgan fingerprint density at radius 1 is 1.00 bits per heavy atom. The van der Waals surface area contributed by atoms with Crippen molar-refractivity contribution < 1.29 is 18.0 Å². The topological polar surface area (TPSA) is 20.3 Å². The van der Waals surface area contributed by atoms with Crippen molar-refractivity contribution in [2.45, 2.75) is 31.5 Å². The van der Waals surface area contributed by atoms with Gasteiger partial charge in [0, 0.05) is 5.69 Å². The van der Waals surface area contributed by atoms with Crippen LogP contribution >= 0.6 is 0 Å². The Balaban J connectivity index is 2.13. The van der Waals surface area contributed by atoms with Crippen LogP contribution in [0.4, 0.5) is 18.9 Å². The normalized spacial score (nSPS) is 18.2. The van der Waals surface area contributed by atoms with E-state index in [1.165, 1.54) is 0 Å². The van der Waals surface area contributed by atoms with Gasteiger partial charge in [0.25, 0.3) is 0 Å². The van der Waals surface area contributed by atoms with Crippen molar-refractivity contribution in [2.24, 2.45) is 0 Å². The second-order valence-electron chi connectivity index (χ2n) is 5.62. The van der Waals surface area contributed by atoms with Gasteiger partial charge in [0.05, 0.1) is 6.04 Å². The fraction of sp³-hybridized carbons (Fsp3) is 0.278. The molecular formula is C18H16F3NO. The van der Waals surface area contributed by atoms with Gasteiger partial charge < -0.3 is 0 Å². The molecule has 0 aromatic heterocycles. The van der Waals surface area contributed by atoms with E-state index in [9.17, 15) is 18.0 Å². The number of carbonyl (C=O) groups is 1. The molecule has 0 fully saturated rings. The SMILES string of the molecule is O=C(N1c2ccccc2CCC[C@H]1c1ccccc1)C(F)(F)F. The molecule has 120 valence electrons. The van der Waals surface area contributed by atoms with Crippen LogP contribution in [0.5, 0.6) is 0 Å². The number of amides is 1. The number of carbonyl (C=O) groups excluding carboxylic acids is 1. The summed E-state index contributed by atoms with van der Waals surface area (Å²) in [6.45, 7) is 0. The maximum absolute atomic E-state index is 13.2. The number of hydrogen-bond donors (Lipinski definition) is 0. The Morgan fingerprint density at radius 3 is 2.35 bits per heavy atom. The average molecular weight is 319 g/mol. The van der Waals surface area contributed by atoms with E-state index in [0.717, 1.165) is 22.4 Å². The minimum Gasteiger partial charge on any atom is -0.297 e. The number of benzene rings is 2. The first-order valence-electron chi connectivity index (χ1n) is 7.51. The molecule has 1 amide bonds. The molecule has 1 aliphatic heterocycles. The highest BCUT2D eigenvalue weighted by Crippen LogP contribution is 2.39. The zero-order valence-corrected chi connectivity index (χ0v) is 12.4. The predicted molar refractivity (Wildman–Crippen MR) is 82.1 cm³/mol. The van der Waals surface area contributed by atoms with Gasteiger partial charge in [-0.25, -0.2) is 0 Å². The Hall–Kier alpha value is -2.30. The first-order valence-corrected chi connectivity index (χ1v) is 7.51. The van der Waals surface area contributed by atoms with Gasteiger partial charge >= 0.3 is 12.1 Å². The van der Waals surface area contributed by atoms with E-state index in [-0.39, 0.29) is 0 Å². The Kier molecular flexibility index (Phi) is 4.11. The second-order valence-corrected chi connectivity index (χ2v) is 5.62. The summed E-state index contributed by atoms with van der Waals surface area (Å²) in [6.07, 6.45) is -3.00. The number of anilines is 1. The number of halogens is 3. The molecular weight excluding hydrogens is 303 g/mol. The molecule has 0 aliphatic carbocycles. The summed E-state index contributed by atoms with van der Waals surface area (Å²) >= 11 is 0. The van der Waals surface area contributed by atoms with Crippen LogP contribution < -0.4 is 4.90 Å². The summed E-state index contributed by atoms with van der Waals surface area (Å²) in [4.78, 5) is 13.0. The number of nitrogens with zero attached hydrogens (tertiary/aromatic N) is 1. The van der Waals surface area contributed by atoms with E-state index < -0.39 is 18.1 Å². The van der Waals surface area contributed by atoms with Crippen molar-refractivity contribution in [2.75, 3.05) is 4.90 Å². The van der Waals surface area contributed by atoms with E-state index in [0.29, 0.717) is 18.5 Å². The van der Waals surface area contributed by atoms with E-state index in [1.54, 1.807) is 48.5 Å². The van der Waals surface area contributed by atoms with Crippen molar-refractivity contribution in [3.63, 3.8) is 0 Å². The van der Waals surface area contributed by atoms with Crippen LogP contribution in [0, 0.1) is 0 Å². The van der Waals surface area contributed by atoms with Gasteiger partial charge in [0.15, 0.2) is 0 Å². The lowest BCUT2D eigenvalue weighted by atomic mass is 10.0. The van der Waals surface area contributed by atoms with Gasteiger partial charge in [-0.2, -0.15) is 13.2 Å². The fourth-order valence-corrected chi connectivity index (χ4v) is 3.12. The Bertz CT molecular complexity index is 697. The highest BCUT2D eigenvalue weighted by molar-refractivity contribution is 5.98. The molecule has 0 saturated carbocycles. The molecule has 0 radical (unpaired) electrons. The van der Waals surface area contributed by atoms with E-state index in [2.05, 4.69) is 0 Å². The lowest BCUT2D eigenvalue weighted by molar-refractivity contribution is -0.171. The fourth-order valence-electron chi connectivity index (χ4n) is 3.12. The van der Waals surface area contributed by atoms with Crippen molar-refractivity contribution in [1.82, 2.24) is 0 Å². The number of alkyl halides is 3. The molecule has 0 bridgehead atoms. The number of fused-ring (bicyclic) bond motifs is 1. The monoisotopic (exact) mass is 319 g/mol. The number of rotatable bonds is 1. The highest BCUT2D eigenvalue weighted by Gasteiger charge is 2.46. The van der Waals surface area contributed by atoms with Crippen molar-refractivity contribution in [3.8, 4) is 0 Å². The molecule has 0 N–H and O–H groups in total. The Morgan fingerprint density at radius 2 is 1.65 bits per heavy atom. The maximum Gasteiger partial charge on any atom is 0.471 e. The first-order chi connectivity index (χ1) is 11.0. The first kappa shape index (κ1) is 15.6. The second kappa shape index (κ2) is 6.07. The third-order valence-corrected chi connectivity index (χ3v) is 4.13. The minimum atomic E-state index is -4.90. The quantitative estimate of drug-likeness (QED) is 0.748. The molecule has 1 heterocycles. The van der Waals surface area contributed by atoms with Crippen LogP contribution in [0.25, 0.3) is 0 Å². The molecule has 2 nitrogen and oxygen atoms in total. The van der Waals surface area contributed by atoms with Crippen LogP contribution in [-0.4, -0.2) is 12.1 Å². The van der Waals surface area contributed by atoms with Crippen LogP contribution in [0.15, 0.2) is 54.6 Å². The smallest absolute Gasteiger partial charge is 0.297 e. The maximum atomic E-state index is 13.2. The van der Waals surface area contributed by atoms with Gasteiger partial charge in [0.1, 0.15) is 0 Å². The third kappa shape index (κ3) is 3.09. The van der Waals surface area contributed by atoms with Crippen LogP contribution in [0.1, 0.15) is 30.0 Å². The molecule has 5 heteroatoms. The van der Waals surface area contributed by atoms with E-state index >= 15 is 0 Å². The summed E-state index contributed by atoms with van der Waals surface area (Å²) in [7, 11) is 0. The van der Waals surface area contributed by atoms with Gasteiger partial charge in [-0.05, 0) is 36.5 Å². The molecule has 2 aromatic carbocycles. The van der Waals surface area contributed by atoms with Crippen LogP contribution in [0.3, 0.4) is 0 Å². The zero-order chi connectivity index (χ0) is 16.4. The average Bonchev–Trinajstić information content (AvgIpc) is 2.73. The molecule has 1 atom stereocenters. The van der Waals surface area contributed by atoms with Crippen molar-refractivity contribution in [3.05, 3.63) is 65.7 Å². The molecule has 0 unspecified atom stereocenters. The number of aryl methyl sites for hydroxylation is 1. The summed E-state index contributed by atoms with van der Waals surface area (Å²) in [5.41, 5.74) is 1.87. The standard InChI is InChI=1S/C18H16F3NO/c19-18(20,21)17(23)22-15-11-5-4-9-14(15)10-6-12-16(22)13-7-2-1-3-8-13/h1-5,7-9,11,16H,6,10,12H2/t16-/m0/s1. The summed E-state index contributed by atoms with van der Waals surface area (Å²) in [6, 6.07) is 15.2. The lowest BCUT2D eigenvalue weighted by Crippen LogP contribution is -2.43. The summed E-state index contributed by atoms with van der Waals surface area (Å²) < 4.78 is 39.5. The summed E-state index contributed by atoms with van der Waals surface area (Å²) in [5.74, 6) is -1.80. The van der Waals surface area contributed by atoms with Crippen LogP contribution in [0.2, 0.25) is 0 Å². The molecule has 23 heavy (non-hydrogen) atoms. The largest absolute Gasteiger partial charge is 0.471 e. The van der Waals surface area contributed by atoms with Crippen molar-refractivity contribution >= 4 is 11.6 Å². The molecule has 0 saturated heterocycles. The zero-order valence-electron chi connectivity index (χ0n) is 12.4. The minimum absolute atomic E-state index is 0.362. The van der Waals surface area contributed by atoms with Gasteiger partial charge in [0.2, 0.25) is 0 Å². The molecule has 0 spiro atoms. The Labute approximate surface area is 132 Å². The molecule has 3 rings (SSSR count). The highest BCUT2D eigenvalue weighted by atomic mass is 19.4. The van der Waals surface area contributed by atoms with Gasteiger partial charge in [-0.1, -0.05) is 48.5 Å². The van der Waals surface area contributed by atoms with Gasteiger partial charge in [-0.3, -0.25) is 9.69 Å². The van der Waals surface area contributed by atoms with Gasteiger partial charge in [-0.15, -0.1) is 0 Å². The third-order valence-electron chi connectivity index (χ3n) is 4.13. The lowest BCUT2D eigenvalue weighted by Gasteiger charge is -2.32. The van der Waals surface area contributed by atoms with E-state index in [4.69, 9.17) is 0 Å². The van der Waals surface area contributed by atoms with Crippen LogP contribution in [-0.2, 0) is 11.2 Å². The number of hydrogen-bond acceptors (Lipinski definition) is 1. The molecule has 2 aromatic rings. The van der Waals surface area contributed by atoms with E-state index in [1.807, 2.05) is 6.07 Å². The molecule has 1 aliphatic rings. The predicted octanol–water partition coefficient (Wildman–Crippen LogP) is 4.66.